The Labute approximate surface area is 161 Å². The number of benzene rings is 2. The van der Waals surface area contributed by atoms with Gasteiger partial charge in [0.15, 0.2) is 0 Å². The highest BCUT2D eigenvalue weighted by Crippen LogP contribution is 2.24. The summed E-state index contributed by atoms with van der Waals surface area (Å²) in [5.74, 6) is -0.794. The molecule has 1 aliphatic heterocycles. The predicted molar refractivity (Wildman–Crippen MR) is 98.8 cm³/mol. The van der Waals surface area contributed by atoms with Crippen molar-refractivity contribution >= 4 is 21.7 Å². The molecule has 0 amide bonds. The van der Waals surface area contributed by atoms with Crippen molar-refractivity contribution in [2.24, 2.45) is 0 Å². The van der Waals surface area contributed by atoms with E-state index in [1.54, 1.807) is 6.92 Å². The lowest BCUT2D eigenvalue weighted by Crippen LogP contribution is -2.40. The van der Waals surface area contributed by atoms with Crippen LogP contribution in [0.15, 0.2) is 47.4 Å². The molecule has 148 valence electrons. The van der Waals surface area contributed by atoms with Gasteiger partial charge in [-0.3, -0.25) is 10.1 Å². The summed E-state index contributed by atoms with van der Waals surface area (Å²) in [4.78, 5) is 22.8. The highest BCUT2D eigenvalue weighted by molar-refractivity contribution is 7.89. The van der Waals surface area contributed by atoms with Crippen LogP contribution >= 0.6 is 0 Å². The first-order valence-corrected chi connectivity index (χ1v) is 9.88. The third-order valence-corrected chi connectivity index (χ3v) is 6.17. The van der Waals surface area contributed by atoms with Crippen LogP contribution in [0.5, 0.6) is 5.75 Å². The second-order valence-electron chi connectivity index (χ2n) is 6.14. The number of hydrogen-bond acceptors (Lipinski definition) is 7. The van der Waals surface area contributed by atoms with Gasteiger partial charge in [0.1, 0.15) is 5.75 Å². The molecule has 1 saturated heterocycles. The van der Waals surface area contributed by atoms with E-state index in [0.29, 0.717) is 18.8 Å². The van der Waals surface area contributed by atoms with E-state index in [2.05, 4.69) is 0 Å². The van der Waals surface area contributed by atoms with Gasteiger partial charge in [-0.2, -0.15) is 4.31 Å². The molecule has 2 aromatic carbocycles. The Bertz CT molecular complexity index is 1010. The molecular weight excluding hydrogens is 388 g/mol. The number of non-ortho nitro benzene ring substituents is 1. The molecule has 9 nitrogen and oxygen atoms in total. The zero-order chi connectivity index (χ0) is 20.3. The summed E-state index contributed by atoms with van der Waals surface area (Å²) in [6, 6.07) is 9.43. The fraction of sp³-hybridized carbons (Fsp3) is 0.278. The van der Waals surface area contributed by atoms with Crippen molar-refractivity contribution < 1.29 is 27.6 Å². The van der Waals surface area contributed by atoms with Crippen molar-refractivity contribution in [2.75, 3.05) is 26.3 Å². The first-order valence-electron chi connectivity index (χ1n) is 8.44. The first kappa shape index (κ1) is 19.9. The number of nitrogens with zero attached hydrogens (tertiary/aromatic N) is 2. The molecule has 0 radical (unpaired) electrons. The molecule has 0 unspecified atom stereocenters. The van der Waals surface area contributed by atoms with Gasteiger partial charge < -0.3 is 9.47 Å². The van der Waals surface area contributed by atoms with E-state index in [1.165, 1.54) is 40.7 Å². The van der Waals surface area contributed by atoms with Crippen LogP contribution in [-0.2, 0) is 14.8 Å². The molecule has 3 rings (SSSR count). The van der Waals surface area contributed by atoms with Crippen LogP contribution in [0.2, 0.25) is 0 Å². The quantitative estimate of drug-likeness (QED) is 0.323. The number of esters is 1. The van der Waals surface area contributed by atoms with Gasteiger partial charge in [-0.25, -0.2) is 13.2 Å². The van der Waals surface area contributed by atoms with Gasteiger partial charge >= 0.3 is 5.97 Å². The fourth-order valence-corrected chi connectivity index (χ4v) is 4.17. The number of morpholine rings is 1. The Morgan fingerprint density at radius 3 is 2.57 bits per heavy atom. The third kappa shape index (κ3) is 4.19. The maximum atomic E-state index is 12.8. The van der Waals surface area contributed by atoms with E-state index in [4.69, 9.17) is 9.47 Å². The summed E-state index contributed by atoms with van der Waals surface area (Å²) in [7, 11) is -3.77. The van der Waals surface area contributed by atoms with Crippen LogP contribution in [0.4, 0.5) is 5.69 Å². The molecule has 0 spiro atoms. The second kappa shape index (κ2) is 8.05. The van der Waals surface area contributed by atoms with E-state index in [1.807, 2.05) is 0 Å². The normalized spacial score (nSPS) is 15.2. The van der Waals surface area contributed by atoms with Gasteiger partial charge in [-0.1, -0.05) is 12.1 Å². The lowest BCUT2D eigenvalue weighted by Gasteiger charge is -2.26. The van der Waals surface area contributed by atoms with Crippen molar-refractivity contribution in [2.45, 2.75) is 11.8 Å². The minimum atomic E-state index is -3.77. The molecule has 0 bridgehead atoms. The minimum Gasteiger partial charge on any atom is -0.423 e. The summed E-state index contributed by atoms with van der Waals surface area (Å²) >= 11 is 0. The Balaban J connectivity index is 1.88. The Morgan fingerprint density at radius 1 is 1.18 bits per heavy atom. The Kier molecular flexibility index (Phi) is 5.73. The van der Waals surface area contributed by atoms with Crippen LogP contribution in [0.3, 0.4) is 0 Å². The number of rotatable bonds is 5. The van der Waals surface area contributed by atoms with Crippen molar-refractivity contribution in [1.82, 2.24) is 4.31 Å². The molecule has 0 aliphatic carbocycles. The molecule has 1 fully saturated rings. The SMILES string of the molecule is Cc1ccc(S(=O)(=O)N2CCOCC2)cc1C(=O)Oc1cccc([N+](=O)[O-])c1. The maximum Gasteiger partial charge on any atom is 0.343 e. The Morgan fingerprint density at radius 2 is 1.89 bits per heavy atom. The molecule has 0 N–H and O–H groups in total. The van der Waals surface area contributed by atoms with Gasteiger partial charge in [0, 0.05) is 19.2 Å². The number of carbonyl (C=O) groups is 1. The first-order chi connectivity index (χ1) is 13.3. The smallest absolute Gasteiger partial charge is 0.343 e. The lowest BCUT2D eigenvalue weighted by atomic mass is 10.1. The zero-order valence-electron chi connectivity index (χ0n) is 15.0. The maximum absolute atomic E-state index is 12.8. The topological polar surface area (TPSA) is 116 Å². The lowest BCUT2D eigenvalue weighted by molar-refractivity contribution is -0.384. The monoisotopic (exact) mass is 406 g/mol. The number of nitro groups is 1. The average molecular weight is 406 g/mol. The van der Waals surface area contributed by atoms with Crippen LogP contribution in [0.1, 0.15) is 15.9 Å². The molecule has 28 heavy (non-hydrogen) atoms. The largest absolute Gasteiger partial charge is 0.423 e. The highest BCUT2D eigenvalue weighted by atomic mass is 32.2. The summed E-state index contributed by atoms with van der Waals surface area (Å²) in [5, 5.41) is 10.9. The van der Waals surface area contributed by atoms with Crippen LogP contribution < -0.4 is 4.74 Å². The fourth-order valence-electron chi connectivity index (χ4n) is 2.74. The van der Waals surface area contributed by atoms with E-state index in [-0.39, 0.29) is 35.0 Å². The van der Waals surface area contributed by atoms with E-state index >= 15 is 0 Å². The van der Waals surface area contributed by atoms with E-state index in [9.17, 15) is 23.3 Å². The van der Waals surface area contributed by atoms with Crippen LogP contribution in [0.25, 0.3) is 0 Å². The van der Waals surface area contributed by atoms with Gasteiger partial charge in [0.25, 0.3) is 5.69 Å². The summed E-state index contributed by atoms with van der Waals surface area (Å²) in [6.07, 6.45) is 0. The highest BCUT2D eigenvalue weighted by Gasteiger charge is 2.27. The van der Waals surface area contributed by atoms with Gasteiger partial charge in [0.05, 0.1) is 34.7 Å². The molecule has 0 aromatic heterocycles. The Hall–Kier alpha value is -2.82. The molecule has 1 heterocycles. The van der Waals surface area contributed by atoms with E-state index < -0.39 is 20.9 Å². The second-order valence-corrected chi connectivity index (χ2v) is 8.08. The van der Waals surface area contributed by atoms with Crippen LogP contribution in [0, 0.1) is 17.0 Å². The van der Waals surface area contributed by atoms with Crippen molar-refractivity contribution in [3.05, 3.63) is 63.7 Å². The van der Waals surface area contributed by atoms with Crippen LogP contribution in [-0.4, -0.2) is 49.9 Å². The van der Waals surface area contributed by atoms with Crippen molar-refractivity contribution in [1.29, 1.82) is 0 Å². The summed E-state index contributed by atoms with van der Waals surface area (Å²) in [6.45, 7) is 2.75. The number of hydrogen-bond donors (Lipinski definition) is 0. The molecule has 10 heteroatoms. The zero-order valence-corrected chi connectivity index (χ0v) is 15.8. The molecular formula is C18H18N2O7S. The number of nitro benzene ring substituents is 1. The van der Waals surface area contributed by atoms with Crippen molar-refractivity contribution in [3.8, 4) is 5.75 Å². The summed E-state index contributed by atoms with van der Waals surface area (Å²) in [5.41, 5.74) is 0.378. The number of sulfonamides is 1. The number of carbonyl (C=O) groups excluding carboxylic acids is 1. The predicted octanol–water partition coefficient (Wildman–Crippen LogP) is 2.14. The molecule has 1 aliphatic rings. The number of aryl methyl sites for hydroxylation is 1. The minimum absolute atomic E-state index is 0.0000366. The molecule has 2 aromatic rings. The molecule has 0 atom stereocenters. The van der Waals surface area contributed by atoms with E-state index in [0.717, 1.165) is 6.07 Å². The third-order valence-electron chi connectivity index (χ3n) is 4.28. The standard InChI is InChI=1S/C18H18N2O7S/c1-13-5-6-16(28(24,25)19-7-9-26-10-8-19)12-17(13)18(21)27-15-4-2-3-14(11-15)20(22)23/h2-6,11-12H,7-10H2,1H3. The van der Waals surface area contributed by atoms with Gasteiger partial charge in [0.2, 0.25) is 10.0 Å². The summed E-state index contributed by atoms with van der Waals surface area (Å²) < 4.78 is 37.3. The van der Waals surface area contributed by atoms with Gasteiger partial charge in [-0.05, 0) is 30.7 Å². The number of ether oxygens (including phenoxy) is 2. The molecule has 0 saturated carbocycles. The van der Waals surface area contributed by atoms with Gasteiger partial charge in [-0.15, -0.1) is 0 Å². The van der Waals surface area contributed by atoms with Crippen molar-refractivity contribution in [3.63, 3.8) is 0 Å². The average Bonchev–Trinajstić information content (AvgIpc) is 2.69.